The van der Waals surface area contributed by atoms with Crippen molar-refractivity contribution in [2.45, 2.75) is 58.6 Å². The van der Waals surface area contributed by atoms with E-state index in [1.165, 1.54) is 4.90 Å². The van der Waals surface area contributed by atoms with Crippen LogP contribution in [-0.2, 0) is 16.2 Å². The Morgan fingerprint density at radius 3 is 2.62 bits per heavy atom. The molecule has 0 saturated carbocycles. The number of nitrogens with zero attached hydrogens (tertiary/aromatic N) is 4. The smallest absolute Gasteiger partial charge is 0.410 e. The number of carbonyl (C=O) groups is 2. The SMILES string of the molecule is CCNC(=O)c1cn(COCCS(C)(C)C)c2ncc(N[C@H]3CCN(C(=O)OC(C)(C)C)C[C@@H]3O)nc12. The number of aliphatic hydroxyl groups excluding tert-OH is 1. The summed E-state index contributed by atoms with van der Waals surface area (Å²) in [5.41, 5.74) is 0.828. The van der Waals surface area contributed by atoms with Crippen molar-refractivity contribution >= 4 is 39.0 Å². The van der Waals surface area contributed by atoms with Crippen molar-refractivity contribution in [3.05, 3.63) is 18.0 Å². The Hall–Kier alpha value is -2.57. The minimum absolute atomic E-state index is 0.149. The van der Waals surface area contributed by atoms with Gasteiger partial charge in [-0.1, -0.05) is 0 Å². The molecule has 2 atom stereocenters. The molecule has 0 radical (unpaired) electrons. The molecule has 2 aromatic rings. The lowest BCUT2D eigenvalue weighted by molar-refractivity contribution is 0.00116. The van der Waals surface area contributed by atoms with E-state index in [1.807, 2.05) is 27.7 Å². The molecule has 2 aromatic heterocycles. The van der Waals surface area contributed by atoms with E-state index in [0.29, 0.717) is 48.7 Å². The first-order chi connectivity index (χ1) is 17.3. The molecule has 208 valence electrons. The number of fused-ring (bicyclic) bond motifs is 1. The summed E-state index contributed by atoms with van der Waals surface area (Å²) in [6, 6.07) is -0.330. The highest BCUT2D eigenvalue weighted by Gasteiger charge is 2.33. The molecule has 12 heteroatoms. The van der Waals surface area contributed by atoms with Crippen LogP contribution in [0.1, 0.15) is 44.5 Å². The molecule has 1 fully saturated rings. The molecule has 0 unspecified atom stereocenters. The van der Waals surface area contributed by atoms with Crippen molar-refractivity contribution in [1.29, 1.82) is 0 Å². The zero-order valence-electron chi connectivity index (χ0n) is 23.0. The van der Waals surface area contributed by atoms with Gasteiger partial charge in [0.15, 0.2) is 5.65 Å². The van der Waals surface area contributed by atoms with Gasteiger partial charge in [-0.05, 0) is 52.9 Å². The van der Waals surface area contributed by atoms with Crippen LogP contribution in [0.2, 0.25) is 0 Å². The van der Waals surface area contributed by atoms with E-state index >= 15 is 0 Å². The van der Waals surface area contributed by atoms with E-state index in [-0.39, 0.29) is 25.2 Å². The summed E-state index contributed by atoms with van der Waals surface area (Å²) in [7, 11) is -0.661. The average molecular weight is 539 g/mol. The minimum Gasteiger partial charge on any atom is -0.444 e. The number of likely N-dealkylation sites (tertiary alicyclic amines) is 1. The number of nitrogens with one attached hydrogen (secondary N) is 2. The first-order valence-electron chi connectivity index (χ1n) is 12.6. The Morgan fingerprint density at radius 1 is 1.27 bits per heavy atom. The first kappa shape index (κ1) is 29.0. The largest absolute Gasteiger partial charge is 0.444 e. The highest BCUT2D eigenvalue weighted by Crippen LogP contribution is 2.33. The van der Waals surface area contributed by atoms with Crippen LogP contribution < -0.4 is 10.6 Å². The lowest BCUT2D eigenvalue weighted by Crippen LogP contribution is -2.52. The zero-order valence-corrected chi connectivity index (χ0v) is 23.9. The predicted molar refractivity (Wildman–Crippen MR) is 148 cm³/mol. The summed E-state index contributed by atoms with van der Waals surface area (Å²) in [6.45, 7) is 9.27. The van der Waals surface area contributed by atoms with Crippen molar-refractivity contribution in [1.82, 2.24) is 24.8 Å². The third kappa shape index (κ3) is 8.21. The summed E-state index contributed by atoms with van der Waals surface area (Å²) in [4.78, 5) is 35.9. The molecule has 1 saturated heterocycles. The van der Waals surface area contributed by atoms with E-state index in [4.69, 9.17) is 9.47 Å². The van der Waals surface area contributed by atoms with Crippen molar-refractivity contribution in [2.24, 2.45) is 0 Å². The van der Waals surface area contributed by atoms with Gasteiger partial charge < -0.3 is 34.7 Å². The van der Waals surface area contributed by atoms with E-state index < -0.39 is 27.8 Å². The van der Waals surface area contributed by atoms with Gasteiger partial charge in [0.05, 0.1) is 37.1 Å². The maximum atomic E-state index is 12.7. The molecule has 0 spiro atoms. The highest BCUT2D eigenvalue weighted by molar-refractivity contribution is 8.32. The Bertz CT molecular complexity index is 1090. The number of amides is 2. The summed E-state index contributed by atoms with van der Waals surface area (Å²) in [5, 5.41) is 16.8. The number of piperidine rings is 1. The van der Waals surface area contributed by atoms with Crippen LogP contribution in [0.4, 0.5) is 10.6 Å². The average Bonchev–Trinajstić information content (AvgIpc) is 3.14. The molecule has 3 heterocycles. The first-order valence-corrected chi connectivity index (χ1v) is 15.6. The van der Waals surface area contributed by atoms with Gasteiger partial charge in [0.2, 0.25) is 0 Å². The third-order valence-corrected chi connectivity index (χ3v) is 7.18. The van der Waals surface area contributed by atoms with Gasteiger partial charge in [-0.2, -0.15) is 0 Å². The van der Waals surface area contributed by atoms with Gasteiger partial charge in [-0.25, -0.2) is 24.8 Å². The molecule has 37 heavy (non-hydrogen) atoms. The summed E-state index contributed by atoms with van der Waals surface area (Å²) in [6.07, 6.45) is 9.29. The fraction of sp³-hybridized carbons (Fsp3) is 0.680. The minimum atomic E-state index is -0.815. The standard InChI is InChI=1S/C25H42N6O5S/c1-8-26-23(33)17-14-31(16-35-11-12-37(5,6)7)22-21(17)29-20(13-27-22)28-18-9-10-30(15-19(18)32)24(34)36-25(2,3)4/h13-14,18-19,32H,8-12,15-16H2,1-7H3,(H,26,33)(H,28,29)/t18-,19-/m0/s1. The Morgan fingerprint density at radius 2 is 2.00 bits per heavy atom. The molecule has 2 amide bonds. The molecular formula is C25H42N6O5S. The van der Waals surface area contributed by atoms with Crippen LogP contribution >= 0.6 is 10.0 Å². The van der Waals surface area contributed by atoms with Crippen molar-refractivity contribution in [3.8, 4) is 0 Å². The number of anilines is 1. The number of rotatable bonds is 9. The van der Waals surface area contributed by atoms with Crippen LogP contribution in [-0.4, -0.2) is 105 Å². The normalized spacial score (nSPS) is 19.1. The Kier molecular flexibility index (Phi) is 9.30. The molecule has 1 aliphatic heterocycles. The number of aromatic nitrogens is 3. The second-order valence-corrected chi connectivity index (χ2v) is 15.8. The second kappa shape index (κ2) is 11.9. The number of hydrogen-bond donors (Lipinski definition) is 3. The topological polar surface area (TPSA) is 131 Å². The lowest BCUT2D eigenvalue weighted by Gasteiger charge is -2.37. The fourth-order valence-electron chi connectivity index (χ4n) is 3.90. The molecule has 3 N–H and O–H groups in total. The van der Waals surface area contributed by atoms with Gasteiger partial charge in [-0.3, -0.25) is 4.79 Å². The van der Waals surface area contributed by atoms with Gasteiger partial charge in [0, 0.05) is 25.0 Å². The highest BCUT2D eigenvalue weighted by atomic mass is 32.3. The number of ether oxygens (including phenoxy) is 2. The number of aliphatic hydroxyl groups is 1. The monoisotopic (exact) mass is 538 g/mol. The van der Waals surface area contributed by atoms with Gasteiger partial charge in [0.25, 0.3) is 5.91 Å². The zero-order chi connectivity index (χ0) is 27.4. The summed E-state index contributed by atoms with van der Waals surface area (Å²) in [5.74, 6) is 1.20. The van der Waals surface area contributed by atoms with Crippen LogP contribution in [0.5, 0.6) is 0 Å². The van der Waals surface area contributed by atoms with Gasteiger partial charge in [-0.15, -0.1) is 0 Å². The van der Waals surface area contributed by atoms with E-state index in [1.54, 1.807) is 17.0 Å². The maximum Gasteiger partial charge on any atom is 0.410 e. The third-order valence-electron chi connectivity index (χ3n) is 5.78. The molecule has 0 aliphatic carbocycles. The van der Waals surface area contributed by atoms with Crippen molar-refractivity contribution in [2.75, 3.05) is 56.1 Å². The molecule has 3 rings (SSSR count). The van der Waals surface area contributed by atoms with Gasteiger partial charge in [0.1, 0.15) is 23.7 Å². The summed E-state index contributed by atoms with van der Waals surface area (Å²) < 4.78 is 13.1. The van der Waals surface area contributed by atoms with E-state index in [2.05, 4.69) is 39.4 Å². The Balaban J connectivity index is 1.73. The predicted octanol–water partition coefficient (Wildman–Crippen LogP) is 2.63. The molecule has 0 aromatic carbocycles. The molecule has 1 aliphatic rings. The lowest BCUT2D eigenvalue weighted by atomic mass is 10.0. The van der Waals surface area contributed by atoms with Crippen molar-refractivity contribution < 1.29 is 24.2 Å². The quantitative estimate of drug-likeness (QED) is 0.416. The van der Waals surface area contributed by atoms with Crippen LogP contribution in [0.3, 0.4) is 0 Å². The van der Waals surface area contributed by atoms with E-state index in [9.17, 15) is 14.7 Å². The van der Waals surface area contributed by atoms with Crippen LogP contribution in [0.25, 0.3) is 11.2 Å². The fourth-order valence-corrected chi connectivity index (χ4v) is 4.51. The number of β-amino-alcohol motifs (C(OH)–C–C–N with tert-alkyl or cyclic N) is 1. The van der Waals surface area contributed by atoms with Crippen molar-refractivity contribution in [3.63, 3.8) is 0 Å². The maximum absolute atomic E-state index is 12.7. The van der Waals surface area contributed by atoms with Gasteiger partial charge >= 0.3 is 6.09 Å². The number of carbonyl (C=O) groups excluding carboxylic acids is 2. The van der Waals surface area contributed by atoms with Crippen LogP contribution in [0, 0.1) is 0 Å². The molecule has 0 bridgehead atoms. The van der Waals surface area contributed by atoms with Crippen LogP contribution in [0.15, 0.2) is 12.4 Å². The van der Waals surface area contributed by atoms with E-state index in [0.717, 1.165) is 5.75 Å². The molecule has 11 nitrogen and oxygen atoms in total. The Labute approximate surface area is 220 Å². The molecular weight excluding hydrogens is 496 g/mol. The summed E-state index contributed by atoms with van der Waals surface area (Å²) >= 11 is 0. The number of hydrogen-bond acceptors (Lipinski definition) is 8. The second-order valence-electron chi connectivity index (χ2n) is 11.2.